The molecular formula is C60H90AcNO11-. The zero-order valence-corrected chi connectivity index (χ0v) is 50.2. The summed E-state index contributed by atoms with van der Waals surface area (Å²) in [6.45, 7) is 15.3. The zero-order chi connectivity index (χ0) is 52.1. The van der Waals surface area contributed by atoms with Crippen molar-refractivity contribution in [2.75, 3.05) is 19.8 Å². The fourth-order valence-electron chi connectivity index (χ4n) is 11.5. The summed E-state index contributed by atoms with van der Waals surface area (Å²) < 4.78 is 35.2. The van der Waals surface area contributed by atoms with Gasteiger partial charge in [0.25, 0.3) is 0 Å². The van der Waals surface area contributed by atoms with E-state index in [2.05, 4.69) is 20.8 Å². The van der Waals surface area contributed by atoms with E-state index in [0.717, 1.165) is 36.0 Å². The minimum Gasteiger partial charge on any atom is -0.474 e. The van der Waals surface area contributed by atoms with E-state index in [1.807, 2.05) is 64.1 Å². The number of rotatable bonds is 24. The van der Waals surface area contributed by atoms with Crippen LogP contribution in [0, 0.1) is 79.1 Å². The number of benzene rings is 2. The molecule has 13 heteroatoms. The number of fused-ring (bicyclic) bond motifs is 5. The Morgan fingerprint density at radius 2 is 1.37 bits per heavy atom. The molecule has 0 spiro atoms. The number of allylic oxidation sites excluding steroid dienone is 1. The van der Waals surface area contributed by atoms with Crippen LogP contribution < -0.4 is 5.73 Å². The van der Waals surface area contributed by atoms with E-state index in [1.54, 1.807) is 30.7 Å². The van der Waals surface area contributed by atoms with Crippen LogP contribution in [0.2, 0.25) is 0 Å². The molecule has 405 valence electrons. The number of ether oxygens (including phenoxy) is 6. The van der Waals surface area contributed by atoms with Gasteiger partial charge in [0.2, 0.25) is 12.0 Å². The number of unbranched alkanes of at least 4 members (excludes halogenated alkanes) is 14. The van der Waals surface area contributed by atoms with Gasteiger partial charge in [-0.05, 0) is 60.6 Å². The maximum atomic E-state index is 14.1. The van der Waals surface area contributed by atoms with Crippen molar-refractivity contribution in [3.05, 3.63) is 89.4 Å². The minimum atomic E-state index is -1.25. The molecule has 9 unspecified atom stereocenters. The quantitative estimate of drug-likeness (QED) is 0.0583. The smallest absolute Gasteiger partial charge is 0.474 e. The van der Waals surface area contributed by atoms with Gasteiger partial charge in [-0.3, -0.25) is 4.79 Å². The molecule has 2 saturated heterocycles. The van der Waals surface area contributed by atoms with Crippen LogP contribution in [0.15, 0.2) is 71.8 Å². The summed E-state index contributed by atoms with van der Waals surface area (Å²) in [5, 5.41) is 11.3. The Kier molecular flexibility index (Phi) is 27.6. The predicted molar refractivity (Wildman–Crippen MR) is 281 cm³/mol. The number of amides is 1. The summed E-state index contributed by atoms with van der Waals surface area (Å²) in [5.74, 6) is -0.904. The Hall–Kier alpha value is -2.79. The number of ketones is 1. The van der Waals surface area contributed by atoms with E-state index in [1.165, 1.54) is 83.5 Å². The third-order valence-electron chi connectivity index (χ3n) is 16.2. The Balaban J connectivity index is 0.000000860. The molecule has 1 amide bonds. The van der Waals surface area contributed by atoms with Crippen LogP contribution in [-0.2, 0) is 44.4 Å². The van der Waals surface area contributed by atoms with Crippen LogP contribution in [0.4, 0.5) is 4.79 Å². The van der Waals surface area contributed by atoms with Crippen molar-refractivity contribution in [1.82, 2.24) is 0 Å². The van der Waals surface area contributed by atoms with Crippen molar-refractivity contribution in [3.8, 4) is 0 Å². The number of hydrogen-bond acceptors (Lipinski definition) is 11. The van der Waals surface area contributed by atoms with E-state index in [4.69, 9.17) is 34.2 Å². The maximum Gasteiger partial charge on any atom is 0.509 e. The van der Waals surface area contributed by atoms with E-state index in [0.29, 0.717) is 38.0 Å². The van der Waals surface area contributed by atoms with E-state index < -0.39 is 42.0 Å². The van der Waals surface area contributed by atoms with Crippen molar-refractivity contribution in [2.45, 2.75) is 214 Å². The summed E-state index contributed by atoms with van der Waals surface area (Å²) in [5.41, 5.74) is 6.74. The van der Waals surface area contributed by atoms with Crippen LogP contribution in [0.3, 0.4) is 0 Å². The molecule has 2 aromatic carbocycles. The summed E-state index contributed by atoms with van der Waals surface area (Å²) in [6.07, 6.45) is 19.8. The summed E-state index contributed by atoms with van der Waals surface area (Å²) in [7, 11) is 0. The van der Waals surface area contributed by atoms with E-state index >= 15 is 0 Å². The predicted octanol–water partition coefficient (Wildman–Crippen LogP) is 12.4. The van der Waals surface area contributed by atoms with Crippen molar-refractivity contribution >= 4 is 23.8 Å². The SMILES string of the molecule is CC.CCCCCCCCCCCCCCCCCC1OCC(COC(=O)OC(Cc2ccccc2)C(=O)O[C@H]2CC3CC4C5COC5CC(O)C4(C)C(=O)[CH-]C(=C2C)C3(C)C)O1.NC(=O)c1ccccc1.[Ac]. The average Bonchev–Trinajstić information content (AvgIpc) is 3.83. The molecule has 2 saturated carbocycles. The third-order valence-corrected chi connectivity index (χ3v) is 16.2. The topological polar surface area (TPSA) is 170 Å². The van der Waals surface area contributed by atoms with Gasteiger partial charge in [-0.15, -0.1) is 6.92 Å². The van der Waals surface area contributed by atoms with Crippen molar-refractivity contribution < 1.29 is 96.8 Å². The molecule has 0 aromatic heterocycles. The Bertz CT molecular complexity index is 2000. The molecule has 3 N–H and O–H groups in total. The van der Waals surface area contributed by atoms with Gasteiger partial charge in [-0.1, -0.05) is 180 Å². The second-order valence-electron chi connectivity index (χ2n) is 21.4. The average molecular weight is 1230 g/mol. The summed E-state index contributed by atoms with van der Waals surface area (Å²) in [4.78, 5) is 51.8. The largest absolute Gasteiger partial charge is 0.509 e. The standard InChI is InChI=1S/C51H77O10.C7H7NO.C2H6.Ac/c1-6-7-8-9-10-11-12-13-14-15-16-17-18-19-23-26-47-57-32-38(59-47)33-58-49(55)61-44(27-36-24-21-20-22-25-36)48(54)60-42-29-37-28-41-39-34-56-43(39)31-46(53)51(41,5)45(52)30-40(35(42)2)50(37,3)4;8-7(9)6-4-2-1-3-5-6;1-2;/h20-22,24-25,30,37-39,41-44,46-47,53H,6-19,23,26-29,31-34H2,1-5H3;1-5H,(H2,8,9);1-2H3;/q-1;;;/t37?,38?,39?,41?,42-,43?,44?,46?,47?,51?;;;/m0.../s1. The summed E-state index contributed by atoms with van der Waals surface area (Å²) in [6, 6.07) is 18.1. The number of primary amides is 1. The molecule has 12 nitrogen and oxygen atoms in total. The Labute approximate surface area is 474 Å². The van der Waals surface area contributed by atoms with Crippen LogP contribution in [-0.4, -0.2) is 85.6 Å². The molecule has 2 heterocycles. The molecule has 2 aliphatic heterocycles. The number of carbonyl (C=O) groups is 4. The Morgan fingerprint density at radius 1 is 0.795 bits per heavy atom. The number of Topliss-reactive ketones (excluding diaryl/α,β-unsaturated/α-hetero) is 1. The first kappa shape index (κ1) is 62.7. The fraction of sp³-hybridized carbons (Fsp3) is 0.683. The molecule has 1 radical (unpaired) electrons. The first-order valence-corrected chi connectivity index (χ1v) is 27.8. The van der Waals surface area contributed by atoms with Crippen LogP contribution >= 0.6 is 0 Å². The van der Waals surface area contributed by atoms with Crippen molar-refractivity contribution in [1.29, 1.82) is 0 Å². The first-order chi connectivity index (χ1) is 34.7. The maximum absolute atomic E-state index is 14.1. The molecule has 2 aromatic rings. The second-order valence-corrected chi connectivity index (χ2v) is 21.4. The number of nitrogens with two attached hydrogens (primary N) is 1. The van der Waals surface area contributed by atoms with Gasteiger partial charge in [-0.2, -0.15) is 17.6 Å². The van der Waals surface area contributed by atoms with E-state index in [-0.39, 0.29) is 104 Å². The molecule has 10 atom stereocenters. The molecule has 73 heavy (non-hydrogen) atoms. The number of hydrogen-bond donors (Lipinski definition) is 2. The van der Waals surface area contributed by atoms with Crippen molar-refractivity contribution in [2.24, 2.45) is 34.3 Å². The minimum absolute atomic E-state index is 0. The van der Waals surface area contributed by atoms with Gasteiger partial charge in [0.05, 0.1) is 37.3 Å². The number of carbonyl (C=O) groups excluding carboxylic acids is 4. The first-order valence-electron chi connectivity index (χ1n) is 27.8. The number of aliphatic hydroxyl groups excluding tert-OH is 1. The zero-order valence-electron chi connectivity index (χ0n) is 45.5. The summed E-state index contributed by atoms with van der Waals surface area (Å²) >= 11 is 0. The number of esters is 1. The van der Waals surface area contributed by atoms with Gasteiger partial charge in [0, 0.05) is 73.8 Å². The van der Waals surface area contributed by atoms with Gasteiger partial charge in [0.15, 0.2) is 6.29 Å². The van der Waals surface area contributed by atoms with Gasteiger partial charge < -0.3 is 44.1 Å². The molecule has 7 rings (SSSR count). The second kappa shape index (κ2) is 32.1. The van der Waals surface area contributed by atoms with Crippen LogP contribution in [0.1, 0.15) is 186 Å². The molecule has 2 bridgehead atoms. The van der Waals surface area contributed by atoms with Gasteiger partial charge in [-0.25, -0.2) is 9.59 Å². The van der Waals surface area contributed by atoms with Gasteiger partial charge >= 0.3 is 12.1 Å². The van der Waals surface area contributed by atoms with Crippen LogP contribution in [0.25, 0.3) is 0 Å². The van der Waals surface area contributed by atoms with Gasteiger partial charge in [0.1, 0.15) is 12.7 Å². The monoisotopic (exact) mass is 1230 g/mol. The number of aliphatic hydroxyl groups is 1. The molecular weight excluding hydrogens is 1140 g/mol. The molecule has 3 aliphatic carbocycles. The fourth-order valence-corrected chi connectivity index (χ4v) is 11.5. The van der Waals surface area contributed by atoms with Crippen molar-refractivity contribution in [3.63, 3.8) is 0 Å². The molecule has 4 fully saturated rings. The normalized spacial score (nSPS) is 26.9. The Morgan fingerprint density at radius 3 is 1.92 bits per heavy atom. The third kappa shape index (κ3) is 18.2. The van der Waals surface area contributed by atoms with Crippen LogP contribution in [0.5, 0.6) is 0 Å². The molecule has 5 aliphatic rings. The van der Waals surface area contributed by atoms with E-state index in [9.17, 15) is 24.3 Å².